The molecule has 0 spiro atoms. The van der Waals surface area contributed by atoms with E-state index in [-0.39, 0.29) is 11.9 Å². The van der Waals surface area contributed by atoms with Crippen molar-refractivity contribution in [1.29, 1.82) is 0 Å². The average molecular weight is 268 g/mol. The van der Waals surface area contributed by atoms with Gasteiger partial charge in [0.05, 0.1) is 11.7 Å². The van der Waals surface area contributed by atoms with E-state index in [0.29, 0.717) is 6.54 Å². The monoisotopic (exact) mass is 268 g/mol. The standard InChI is InChI=1S/C12H20N4OS/c1-8-10(9(2)16(3)15-8)6-14-12(17)11-7-18-5-4-13-11/h11,13H,4-7H2,1-3H3,(H,14,17). The number of aryl methyl sites for hydroxylation is 2. The molecule has 18 heavy (non-hydrogen) atoms. The fraction of sp³-hybridized carbons (Fsp3) is 0.667. The van der Waals surface area contributed by atoms with Crippen LogP contribution in [0.5, 0.6) is 0 Å². The molecule has 1 amide bonds. The zero-order chi connectivity index (χ0) is 13.1. The Morgan fingerprint density at radius 2 is 2.39 bits per heavy atom. The van der Waals surface area contributed by atoms with Gasteiger partial charge in [-0.05, 0) is 13.8 Å². The van der Waals surface area contributed by atoms with Crippen LogP contribution in [0.1, 0.15) is 17.0 Å². The Morgan fingerprint density at radius 3 is 2.94 bits per heavy atom. The van der Waals surface area contributed by atoms with Crippen molar-refractivity contribution in [2.75, 3.05) is 18.1 Å². The Kier molecular flexibility index (Phi) is 4.29. The predicted molar refractivity (Wildman–Crippen MR) is 73.6 cm³/mol. The summed E-state index contributed by atoms with van der Waals surface area (Å²) in [5, 5.41) is 10.6. The summed E-state index contributed by atoms with van der Waals surface area (Å²) < 4.78 is 1.85. The third-order valence-corrected chi connectivity index (χ3v) is 4.40. The molecule has 0 radical (unpaired) electrons. The summed E-state index contributed by atoms with van der Waals surface area (Å²) in [5.74, 6) is 2.03. The number of hydrogen-bond donors (Lipinski definition) is 2. The number of hydrogen-bond acceptors (Lipinski definition) is 4. The van der Waals surface area contributed by atoms with E-state index >= 15 is 0 Å². The minimum atomic E-state index is -0.0546. The molecule has 1 aromatic rings. The normalized spacial score (nSPS) is 19.8. The minimum Gasteiger partial charge on any atom is -0.351 e. The lowest BCUT2D eigenvalue weighted by Crippen LogP contribution is -2.48. The number of nitrogens with one attached hydrogen (secondary N) is 2. The van der Waals surface area contributed by atoms with Crippen molar-refractivity contribution in [3.63, 3.8) is 0 Å². The molecule has 0 aromatic carbocycles. The molecular weight excluding hydrogens is 248 g/mol. The zero-order valence-corrected chi connectivity index (χ0v) is 11.9. The lowest BCUT2D eigenvalue weighted by Gasteiger charge is -2.22. The summed E-state index contributed by atoms with van der Waals surface area (Å²) in [7, 11) is 1.92. The molecule has 1 unspecified atom stereocenters. The van der Waals surface area contributed by atoms with E-state index in [2.05, 4.69) is 15.7 Å². The van der Waals surface area contributed by atoms with Crippen LogP contribution in [0, 0.1) is 13.8 Å². The van der Waals surface area contributed by atoms with Crippen molar-refractivity contribution in [3.05, 3.63) is 17.0 Å². The molecular formula is C12H20N4OS. The van der Waals surface area contributed by atoms with E-state index < -0.39 is 0 Å². The second-order valence-electron chi connectivity index (χ2n) is 4.57. The highest BCUT2D eigenvalue weighted by atomic mass is 32.2. The van der Waals surface area contributed by atoms with E-state index in [0.717, 1.165) is 35.0 Å². The van der Waals surface area contributed by atoms with Gasteiger partial charge in [-0.3, -0.25) is 9.48 Å². The number of carbonyl (C=O) groups excluding carboxylic acids is 1. The molecule has 2 N–H and O–H groups in total. The van der Waals surface area contributed by atoms with Gasteiger partial charge in [-0.2, -0.15) is 16.9 Å². The molecule has 2 heterocycles. The molecule has 1 aromatic heterocycles. The summed E-state index contributed by atoms with van der Waals surface area (Å²) in [5.41, 5.74) is 3.22. The Hall–Kier alpha value is -1.01. The summed E-state index contributed by atoms with van der Waals surface area (Å²) in [6.07, 6.45) is 0. The first kappa shape index (κ1) is 13.4. The SMILES string of the molecule is Cc1nn(C)c(C)c1CNC(=O)C1CSCCN1. The number of nitrogens with zero attached hydrogens (tertiary/aromatic N) is 2. The van der Waals surface area contributed by atoms with Gasteiger partial charge in [0.15, 0.2) is 0 Å². The Morgan fingerprint density at radius 1 is 1.61 bits per heavy atom. The van der Waals surface area contributed by atoms with Crippen molar-refractivity contribution >= 4 is 17.7 Å². The lowest BCUT2D eigenvalue weighted by molar-refractivity contribution is -0.122. The number of aromatic nitrogens is 2. The fourth-order valence-corrected chi connectivity index (χ4v) is 3.04. The van der Waals surface area contributed by atoms with Crippen LogP contribution >= 0.6 is 11.8 Å². The zero-order valence-electron chi connectivity index (χ0n) is 11.1. The quantitative estimate of drug-likeness (QED) is 0.831. The molecule has 1 aliphatic heterocycles. The maximum atomic E-state index is 12.0. The molecule has 0 bridgehead atoms. The van der Waals surface area contributed by atoms with Crippen LogP contribution in [0.25, 0.3) is 0 Å². The molecule has 1 atom stereocenters. The molecule has 1 aliphatic rings. The van der Waals surface area contributed by atoms with Crippen molar-refractivity contribution in [2.45, 2.75) is 26.4 Å². The van der Waals surface area contributed by atoms with E-state index in [1.807, 2.05) is 37.3 Å². The summed E-state index contributed by atoms with van der Waals surface area (Å²) >= 11 is 1.82. The highest BCUT2D eigenvalue weighted by molar-refractivity contribution is 7.99. The second kappa shape index (κ2) is 5.75. The Balaban J connectivity index is 1.92. The van der Waals surface area contributed by atoms with Gasteiger partial charge < -0.3 is 10.6 Å². The van der Waals surface area contributed by atoms with Gasteiger partial charge in [0.1, 0.15) is 0 Å². The van der Waals surface area contributed by atoms with E-state index in [1.54, 1.807) is 0 Å². The number of thioether (sulfide) groups is 1. The second-order valence-corrected chi connectivity index (χ2v) is 5.72. The first-order valence-corrected chi connectivity index (χ1v) is 7.33. The maximum absolute atomic E-state index is 12.0. The molecule has 6 heteroatoms. The first-order chi connectivity index (χ1) is 8.59. The summed E-state index contributed by atoms with van der Waals surface area (Å²) in [4.78, 5) is 12.0. The van der Waals surface area contributed by atoms with Gasteiger partial charge >= 0.3 is 0 Å². The van der Waals surface area contributed by atoms with Gasteiger partial charge in [-0.15, -0.1) is 0 Å². The molecule has 0 saturated carbocycles. The highest BCUT2D eigenvalue weighted by Crippen LogP contribution is 2.12. The number of carbonyl (C=O) groups is 1. The minimum absolute atomic E-state index is 0.0546. The molecule has 2 rings (SSSR count). The highest BCUT2D eigenvalue weighted by Gasteiger charge is 2.21. The van der Waals surface area contributed by atoms with Crippen LogP contribution in [0.2, 0.25) is 0 Å². The van der Waals surface area contributed by atoms with Crippen LogP contribution in [0.4, 0.5) is 0 Å². The van der Waals surface area contributed by atoms with Crippen LogP contribution in [-0.2, 0) is 18.4 Å². The van der Waals surface area contributed by atoms with Gasteiger partial charge in [0.25, 0.3) is 0 Å². The summed E-state index contributed by atoms with van der Waals surface area (Å²) in [6, 6.07) is -0.0546. The fourth-order valence-electron chi connectivity index (χ4n) is 2.11. The van der Waals surface area contributed by atoms with Crippen LogP contribution in [0.15, 0.2) is 0 Å². The number of amides is 1. The maximum Gasteiger partial charge on any atom is 0.238 e. The van der Waals surface area contributed by atoms with E-state index in [9.17, 15) is 4.79 Å². The first-order valence-electron chi connectivity index (χ1n) is 6.17. The Bertz CT molecular complexity index is 438. The molecule has 1 fully saturated rings. The smallest absolute Gasteiger partial charge is 0.238 e. The van der Waals surface area contributed by atoms with Crippen molar-refractivity contribution < 1.29 is 4.79 Å². The van der Waals surface area contributed by atoms with Crippen LogP contribution in [0.3, 0.4) is 0 Å². The topological polar surface area (TPSA) is 59.0 Å². The lowest BCUT2D eigenvalue weighted by atomic mass is 10.2. The largest absolute Gasteiger partial charge is 0.351 e. The molecule has 1 saturated heterocycles. The van der Waals surface area contributed by atoms with Crippen LogP contribution in [-0.4, -0.2) is 39.8 Å². The molecule has 100 valence electrons. The third-order valence-electron chi connectivity index (χ3n) is 3.34. The van der Waals surface area contributed by atoms with Crippen molar-refractivity contribution in [2.24, 2.45) is 7.05 Å². The van der Waals surface area contributed by atoms with Gasteiger partial charge in [0, 0.05) is 42.9 Å². The summed E-state index contributed by atoms with van der Waals surface area (Å²) in [6.45, 7) is 5.47. The molecule has 5 nitrogen and oxygen atoms in total. The Labute approximate surface area is 112 Å². The average Bonchev–Trinajstić information content (AvgIpc) is 2.62. The number of rotatable bonds is 3. The van der Waals surface area contributed by atoms with E-state index in [4.69, 9.17) is 0 Å². The van der Waals surface area contributed by atoms with Gasteiger partial charge in [0.2, 0.25) is 5.91 Å². The van der Waals surface area contributed by atoms with Gasteiger partial charge in [-0.1, -0.05) is 0 Å². The third kappa shape index (κ3) is 2.87. The van der Waals surface area contributed by atoms with Crippen LogP contribution < -0.4 is 10.6 Å². The van der Waals surface area contributed by atoms with Gasteiger partial charge in [-0.25, -0.2) is 0 Å². The van der Waals surface area contributed by atoms with E-state index in [1.165, 1.54) is 0 Å². The predicted octanol–water partition coefficient (Wildman–Crippen LogP) is 0.358. The molecule has 0 aliphatic carbocycles. The van der Waals surface area contributed by atoms with Crippen molar-refractivity contribution in [1.82, 2.24) is 20.4 Å². The van der Waals surface area contributed by atoms with Crippen molar-refractivity contribution in [3.8, 4) is 0 Å².